The number of aryl methyl sites for hydroxylation is 2. The molecular formula is C13H18O2S. The average molecular weight is 238 g/mol. The van der Waals surface area contributed by atoms with Crippen molar-refractivity contribution in [1.29, 1.82) is 0 Å². The zero-order valence-electron chi connectivity index (χ0n) is 10.0. The van der Waals surface area contributed by atoms with E-state index < -0.39 is 5.60 Å². The predicted molar refractivity (Wildman–Crippen MR) is 68.3 cm³/mol. The predicted octanol–water partition coefficient (Wildman–Crippen LogP) is 2.64. The number of methoxy groups -OCH3 is 1. The van der Waals surface area contributed by atoms with Crippen molar-refractivity contribution in [3.05, 3.63) is 28.8 Å². The average Bonchev–Trinajstić information content (AvgIpc) is 2.66. The maximum atomic E-state index is 10.5. The topological polar surface area (TPSA) is 29.5 Å². The first-order valence-corrected chi connectivity index (χ1v) is 6.68. The molecule has 1 unspecified atom stereocenters. The van der Waals surface area contributed by atoms with Gasteiger partial charge in [-0.05, 0) is 54.8 Å². The Labute approximate surface area is 101 Å². The number of hydrogen-bond donors (Lipinski definition) is 1. The monoisotopic (exact) mass is 238 g/mol. The summed E-state index contributed by atoms with van der Waals surface area (Å²) in [4.78, 5) is 0. The molecule has 0 aliphatic carbocycles. The van der Waals surface area contributed by atoms with Gasteiger partial charge in [-0.15, -0.1) is 0 Å². The molecule has 16 heavy (non-hydrogen) atoms. The van der Waals surface area contributed by atoms with Crippen LogP contribution in [0.4, 0.5) is 0 Å². The van der Waals surface area contributed by atoms with Crippen molar-refractivity contribution >= 4 is 11.8 Å². The van der Waals surface area contributed by atoms with Crippen LogP contribution in [0.25, 0.3) is 0 Å². The van der Waals surface area contributed by atoms with Crippen molar-refractivity contribution in [2.75, 3.05) is 18.6 Å². The summed E-state index contributed by atoms with van der Waals surface area (Å²) in [5.41, 5.74) is 2.60. The van der Waals surface area contributed by atoms with E-state index in [4.69, 9.17) is 4.74 Å². The third kappa shape index (κ3) is 1.94. The maximum Gasteiger partial charge on any atom is 0.124 e. The van der Waals surface area contributed by atoms with E-state index in [0.29, 0.717) is 0 Å². The molecule has 0 spiro atoms. The van der Waals surface area contributed by atoms with Gasteiger partial charge in [-0.1, -0.05) is 0 Å². The van der Waals surface area contributed by atoms with Crippen molar-refractivity contribution in [1.82, 2.24) is 0 Å². The van der Waals surface area contributed by atoms with E-state index in [1.807, 2.05) is 25.6 Å². The molecule has 1 fully saturated rings. The van der Waals surface area contributed by atoms with E-state index in [9.17, 15) is 5.11 Å². The molecule has 0 amide bonds. The van der Waals surface area contributed by atoms with Gasteiger partial charge in [0.05, 0.1) is 12.7 Å². The summed E-state index contributed by atoms with van der Waals surface area (Å²) >= 11 is 1.82. The molecule has 1 aliphatic rings. The van der Waals surface area contributed by atoms with Crippen LogP contribution in [0, 0.1) is 13.8 Å². The Hall–Kier alpha value is -0.670. The van der Waals surface area contributed by atoms with Gasteiger partial charge in [0.15, 0.2) is 0 Å². The second-order valence-corrected chi connectivity index (χ2v) is 5.58. The summed E-state index contributed by atoms with van der Waals surface area (Å²) in [6.07, 6.45) is 0.850. The minimum atomic E-state index is -0.632. The van der Waals surface area contributed by atoms with Crippen molar-refractivity contribution in [3.63, 3.8) is 0 Å². The van der Waals surface area contributed by atoms with Gasteiger partial charge in [0.25, 0.3) is 0 Å². The molecule has 0 radical (unpaired) electrons. The third-order valence-corrected chi connectivity index (χ3v) is 4.38. The summed E-state index contributed by atoms with van der Waals surface area (Å²) < 4.78 is 5.34. The molecule has 88 valence electrons. The normalized spacial score (nSPS) is 24.8. The molecule has 2 nitrogen and oxygen atoms in total. The van der Waals surface area contributed by atoms with Gasteiger partial charge < -0.3 is 9.84 Å². The first-order valence-electron chi connectivity index (χ1n) is 5.53. The zero-order chi connectivity index (χ0) is 11.8. The molecule has 1 atom stereocenters. The lowest BCUT2D eigenvalue weighted by atomic mass is 9.90. The smallest absolute Gasteiger partial charge is 0.124 e. The highest BCUT2D eigenvalue weighted by molar-refractivity contribution is 7.99. The lowest BCUT2D eigenvalue weighted by Gasteiger charge is -2.24. The fourth-order valence-corrected chi connectivity index (χ4v) is 3.60. The highest BCUT2D eigenvalue weighted by atomic mass is 32.2. The van der Waals surface area contributed by atoms with E-state index in [2.05, 4.69) is 12.1 Å². The minimum Gasteiger partial charge on any atom is -0.496 e. The number of rotatable bonds is 2. The van der Waals surface area contributed by atoms with Crippen LogP contribution >= 0.6 is 11.8 Å². The van der Waals surface area contributed by atoms with Gasteiger partial charge in [-0.2, -0.15) is 11.8 Å². The second-order valence-electron chi connectivity index (χ2n) is 4.48. The summed E-state index contributed by atoms with van der Waals surface area (Å²) in [5, 5.41) is 10.5. The first-order chi connectivity index (χ1) is 7.57. The van der Waals surface area contributed by atoms with Crippen LogP contribution in [0.1, 0.15) is 23.1 Å². The molecular weight excluding hydrogens is 220 g/mol. The van der Waals surface area contributed by atoms with Crippen LogP contribution in [0.3, 0.4) is 0 Å². The molecule has 0 bridgehead atoms. The summed E-state index contributed by atoms with van der Waals surface area (Å²) in [6, 6.07) is 4.11. The summed E-state index contributed by atoms with van der Waals surface area (Å²) in [7, 11) is 1.69. The Morgan fingerprint density at radius 2 is 1.94 bits per heavy atom. The molecule has 0 saturated carbocycles. The van der Waals surface area contributed by atoms with Crippen LogP contribution in [0.5, 0.6) is 5.75 Å². The Morgan fingerprint density at radius 3 is 2.38 bits per heavy atom. The largest absolute Gasteiger partial charge is 0.496 e. The molecule has 1 N–H and O–H groups in total. The Bertz CT molecular complexity index is 372. The van der Waals surface area contributed by atoms with Crippen LogP contribution in [-0.2, 0) is 5.60 Å². The van der Waals surface area contributed by atoms with Gasteiger partial charge in [0, 0.05) is 5.75 Å². The molecule has 1 saturated heterocycles. The van der Waals surface area contributed by atoms with Crippen molar-refractivity contribution in [2.24, 2.45) is 0 Å². The van der Waals surface area contributed by atoms with Gasteiger partial charge in [0.1, 0.15) is 5.75 Å². The quantitative estimate of drug-likeness (QED) is 0.859. The number of benzene rings is 1. The van der Waals surface area contributed by atoms with E-state index >= 15 is 0 Å². The van der Waals surface area contributed by atoms with E-state index in [0.717, 1.165) is 40.4 Å². The van der Waals surface area contributed by atoms with Gasteiger partial charge >= 0.3 is 0 Å². The van der Waals surface area contributed by atoms with Crippen LogP contribution < -0.4 is 4.74 Å². The molecule has 0 aromatic heterocycles. The molecule has 1 aromatic carbocycles. The maximum absolute atomic E-state index is 10.5. The molecule has 3 heteroatoms. The third-order valence-electron chi connectivity index (χ3n) is 3.20. The van der Waals surface area contributed by atoms with Gasteiger partial charge in [0.2, 0.25) is 0 Å². The number of thioether (sulfide) groups is 1. The van der Waals surface area contributed by atoms with E-state index in [1.54, 1.807) is 7.11 Å². The number of ether oxygens (including phenoxy) is 1. The van der Waals surface area contributed by atoms with Crippen LogP contribution in [-0.4, -0.2) is 23.7 Å². The van der Waals surface area contributed by atoms with Crippen molar-refractivity contribution in [2.45, 2.75) is 25.9 Å². The second kappa shape index (κ2) is 4.30. The van der Waals surface area contributed by atoms with Crippen LogP contribution in [0.2, 0.25) is 0 Å². The minimum absolute atomic E-state index is 0.632. The van der Waals surface area contributed by atoms with Crippen molar-refractivity contribution < 1.29 is 9.84 Å². The standard InChI is InChI=1S/C13H18O2S/c1-9-6-11(7-10(2)12(9)15-3)13(14)4-5-16-8-13/h6-7,14H,4-5,8H2,1-3H3. The lowest BCUT2D eigenvalue weighted by Crippen LogP contribution is -2.25. The van der Waals surface area contributed by atoms with Gasteiger partial charge in [-0.25, -0.2) is 0 Å². The SMILES string of the molecule is COc1c(C)cc(C2(O)CCSC2)cc1C. The van der Waals surface area contributed by atoms with Gasteiger partial charge in [-0.3, -0.25) is 0 Å². The zero-order valence-corrected chi connectivity index (χ0v) is 10.9. The molecule has 1 aromatic rings. The Balaban J connectivity index is 2.43. The number of aliphatic hydroxyl groups is 1. The molecule has 1 heterocycles. The Morgan fingerprint density at radius 1 is 1.31 bits per heavy atom. The van der Waals surface area contributed by atoms with Crippen LogP contribution in [0.15, 0.2) is 12.1 Å². The highest BCUT2D eigenvalue weighted by Gasteiger charge is 2.34. The van der Waals surface area contributed by atoms with E-state index in [1.165, 1.54) is 0 Å². The van der Waals surface area contributed by atoms with Crippen molar-refractivity contribution in [3.8, 4) is 5.75 Å². The fourth-order valence-electron chi connectivity index (χ4n) is 2.32. The Kier molecular flexibility index (Phi) is 3.17. The highest BCUT2D eigenvalue weighted by Crippen LogP contribution is 2.39. The number of hydrogen-bond acceptors (Lipinski definition) is 3. The summed E-state index contributed by atoms with van der Waals surface area (Å²) in [5.74, 6) is 2.77. The molecule has 2 rings (SSSR count). The lowest BCUT2D eigenvalue weighted by molar-refractivity contribution is 0.0656. The molecule has 1 aliphatic heterocycles. The first kappa shape index (κ1) is 11.8. The fraction of sp³-hybridized carbons (Fsp3) is 0.538. The van der Waals surface area contributed by atoms with E-state index in [-0.39, 0.29) is 0 Å². The summed E-state index contributed by atoms with van der Waals surface area (Å²) in [6.45, 7) is 4.06.